The molecule has 176 valence electrons. The van der Waals surface area contributed by atoms with Crippen LogP contribution in [0, 0.1) is 57.2 Å². The van der Waals surface area contributed by atoms with Gasteiger partial charge >= 0.3 is 0 Å². The minimum absolute atomic E-state index is 0.144. The maximum absolute atomic E-state index is 12.9. The van der Waals surface area contributed by atoms with Crippen LogP contribution in [0.5, 0.6) is 0 Å². The van der Waals surface area contributed by atoms with Crippen LogP contribution in [0.15, 0.2) is 0 Å². The molecule has 2 heteroatoms. The summed E-state index contributed by atoms with van der Waals surface area (Å²) in [6.07, 6.45) is 12.4. The first kappa shape index (κ1) is 22.4. The molecule has 0 aromatic heterocycles. The van der Waals surface area contributed by atoms with Crippen molar-refractivity contribution in [1.82, 2.24) is 0 Å². The molecule has 2 nitrogen and oxygen atoms in total. The average molecular weight is 429 g/mol. The Balaban J connectivity index is 1.48. The number of Topliss-reactive ketones (excluding diaryl/α,β-unsaturated/α-hetero) is 1. The summed E-state index contributed by atoms with van der Waals surface area (Å²) in [5.41, 5.74) is 0.469. The molecule has 0 aromatic rings. The second-order valence-corrected chi connectivity index (χ2v) is 14.5. The molecule has 0 aliphatic heterocycles. The Labute approximate surface area is 191 Å². The number of hydrogen-bond acceptors (Lipinski definition) is 2. The lowest BCUT2D eigenvalue weighted by Crippen LogP contribution is -2.65. The summed E-state index contributed by atoms with van der Waals surface area (Å²) in [5, 5.41) is 10.9. The Morgan fingerprint density at radius 1 is 0.774 bits per heavy atom. The lowest BCUT2D eigenvalue weighted by atomic mass is 9.33. The maximum atomic E-state index is 12.9. The van der Waals surface area contributed by atoms with Gasteiger partial charge in [0.2, 0.25) is 0 Å². The summed E-state index contributed by atoms with van der Waals surface area (Å²) in [4.78, 5) is 12.9. The monoisotopic (exact) mass is 428 g/mol. The van der Waals surface area contributed by atoms with Gasteiger partial charge in [-0.1, -0.05) is 34.6 Å². The van der Waals surface area contributed by atoms with Crippen molar-refractivity contribution in [3.63, 3.8) is 0 Å². The first-order valence-electron chi connectivity index (χ1n) is 13.5. The second kappa shape index (κ2) is 6.61. The van der Waals surface area contributed by atoms with E-state index in [1.165, 1.54) is 51.4 Å². The highest BCUT2D eigenvalue weighted by atomic mass is 16.3. The van der Waals surface area contributed by atoms with E-state index < -0.39 is 5.60 Å². The standard InChI is InChI=1S/C29H48O2/c1-25(2)22-13-17-29(7)23(27(22,5)15-14-24(25)30)11-10-21-18-8-9-20(26(3,4)31)19(18)12-16-28(21,29)6/h18-23,31H,8-17H2,1-7H3. The quantitative estimate of drug-likeness (QED) is 0.486. The smallest absolute Gasteiger partial charge is 0.138 e. The third kappa shape index (κ3) is 2.75. The molecule has 0 amide bonds. The zero-order valence-corrected chi connectivity index (χ0v) is 21.4. The summed E-state index contributed by atoms with van der Waals surface area (Å²) in [7, 11) is 0. The Morgan fingerprint density at radius 3 is 2.13 bits per heavy atom. The van der Waals surface area contributed by atoms with Crippen LogP contribution < -0.4 is 0 Å². The predicted molar refractivity (Wildman–Crippen MR) is 127 cm³/mol. The lowest BCUT2D eigenvalue weighted by molar-refractivity contribution is -0.226. The summed E-state index contributed by atoms with van der Waals surface area (Å²) in [5.74, 6) is 4.71. The van der Waals surface area contributed by atoms with Gasteiger partial charge in [0.05, 0.1) is 5.60 Å². The highest BCUT2D eigenvalue weighted by Gasteiger charge is 2.69. The van der Waals surface area contributed by atoms with Crippen LogP contribution in [0.2, 0.25) is 0 Å². The third-order valence-corrected chi connectivity index (χ3v) is 13.0. The molecule has 5 aliphatic rings. The molecule has 0 spiro atoms. The topological polar surface area (TPSA) is 37.3 Å². The molecular formula is C29H48O2. The summed E-state index contributed by atoms with van der Waals surface area (Å²) in [6, 6.07) is 0. The van der Waals surface area contributed by atoms with E-state index in [-0.39, 0.29) is 5.41 Å². The summed E-state index contributed by atoms with van der Waals surface area (Å²) in [6.45, 7) is 16.6. The summed E-state index contributed by atoms with van der Waals surface area (Å²) >= 11 is 0. The molecule has 0 bridgehead atoms. The van der Waals surface area contributed by atoms with Crippen molar-refractivity contribution in [3.05, 3.63) is 0 Å². The molecule has 5 saturated carbocycles. The highest BCUT2D eigenvalue weighted by molar-refractivity contribution is 5.85. The highest BCUT2D eigenvalue weighted by Crippen LogP contribution is 2.75. The van der Waals surface area contributed by atoms with Crippen LogP contribution in [0.4, 0.5) is 0 Å². The number of carbonyl (C=O) groups excluding carboxylic acids is 1. The zero-order valence-electron chi connectivity index (χ0n) is 21.4. The Kier molecular flexibility index (Phi) is 4.78. The van der Waals surface area contributed by atoms with E-state index in [9.17, 15) is 9.90 Å². The van der Waals surface area contributed by atoms with Gasteiger partial charge in [0, 0.05) is 11.8 Å². The average Bonchev–Trinajstić information content (AvgIpc) is 3.10. The molecule has 5 rings (SSSR count). The van der Waals surface area contributed by atoms with Crippen LogP contribution in [0.1, 0.15) is 113 Å². The fourth-order valence-electron chi connectivity index (χ4n) is 11.3. The molecule has 0 heterocycles. The predicted octanol–water partition coefficient (Wildman–Crippen LogP) is 7.04. The molecule has 1 N–H and O–H groups in total. The van der Waals surface area contributed by atoms with Crippen LogP contribution in [-0.2, 0) is 4.79 Å². The van der Waals surface area contributed by atoms with Gasteiger partial charge in [-0.3, -0.25) is 4.79 Å². The van der Waals surface area contributed by atoms with E-state index in [0.717, 1.165) is 36.5 Å². The van der Waals surface area contributed by atoms with Gasteiger partial charge < -0.3 is 5.11 Å². The minimum Gasteiger partial charge on any atom is -0.390 e. The summed E-state index contributed by atoms with van der Waals surface area (Å²) < 4.78 is 0. The minimum atomic E-state index is -0.528. The van der Waals surface area contributed by atoms with Crippen molar-refractivity contribution in [1.29, 1.82) is 0 Å². The molecule has 5 aliphatic carbocycles. The molecule has 5 fully saturated rings. The van der Waals surface area contributed by atoms with Gasteiger partial charge in [0.25, 0.3) is 0 Å². The fourth-order valence-corrected chi connectivity index (χ4v) is 11.3. The molecule has 9 unspecified atom stereocenters. The molecule has 0 radical (unpaired) electrons. The number of hydrogen-bond donors (Lipinski definition) is 1. The van der Waals surface area contributed by atoms with Crippen LogP contribution in [0.25, 0.3) is 0 Å². The van der Waals surface area contributed by atoms with Crippen molar-refractivity contribution in [2.45, 2.75) is 118 Å². The van der Waals surface area contributed by atoms with Crippen LogP contribution in [-0.4, -0.2) is 16.5 Å². The van der Waals surface area contributed by atoms with Gasteiger partial charge in [-0.05, 0) is 123 Å². The van der Waals surface area contributed by atoms with E-state index in [4.69, 9.17) is 0 Å². The largest absolute Gasteiger partial charge is 0.390 e. The number of fused-ring (bicyclic) bond motifs is 7. The van der Waals surface area contributed by atoms with Crippen LogP contribution >= 0.6 is 0 Å². The SMILES string of the molecule is CC(C)(O)C1CCC2C1CCC1(C)C2CCC2C3(C)CCC(=O)C(C)(C)C3CCC21C. The van der Waals surface area contributed by atoms with Crippen molar-refractivity contribution in [2.24, 2.45) is 57.2 Å². The van der Waals surface area contributed by atoms with Gasteiger partial charge in [0.1, 0.15) is 5.78 Å². The molecule has 31 heavy (non-hydrogen) atoms. The first-order chi connectivity index (χ1) is 14.3. The lowest BCUT2D eigenvalue weighted by Gasteiger charge is -2.71. The number of aliphatic hydroxyl groups is 1. The van der Waals surface area contributed by atoms with E-state index in [1.807, 2.05) is 0 Å². The van der Waals surface area contributed by atoms with E-state index in [2.05, 4.69) is 48.5 Å². The Bertz CT molecular complexity index is 761. The molecule has 0 saturated heterocycles. The Morgan fingerprint density at radius 2 is 1.45 bits per heavy atom. The normalized spacial score (nSPS) is 53.9. The fraction of sp³-hybridized carbons (Fsp3) is 0.966. The van der Waals surface area contributed by atoms with Gasteiger partial charge in [-0.25, -0.2) is 0 Å². The van der Waals surface area contributed by atoms with E-state index in [0.29, 0.717) is 33.9 Å². The molecular weight excluding hydrogens is 380 g/mol. The van der Waals surface area contributed by atoms with Crippen molar-refractivity contribution in [3.8, 4) is 0 Å². The van der Waals surface area contributed by atoms with E-state index >= 15 is 0 Å². The Hall–Kier alpha value is -0.370. The molecule has 9 atom stereocenters. The van der Waals surface area contributed by atoms with Gasteiger partial charge in [0.15, 0.2) is 0 Å². The second-order valence-electron chi connectivity index (χ2n) is 14.5. The number of ketones is 1. The first-order valence-corrected chi connectivity index (χ1v) is 13.5. The molecule has 0 aromatic carbocycles. The van der Waals surface area contributed by atoms with Crippen molar-refractivity contribution >= 4 is 5.78 Å². The van der Waals surface area contributed by atoms with Crippen molar-refractivity contribution < 1.29 is 9.90 Å². The van der Waals surface area contributed by atoms with Crippen molar-refractivity contribution in [2.75, 3.05) is 0 Å². The van der Waals surface area contributed by atoms with Crippen LogP contribution in [0.3, 0.4) is 0 Å². The van der Waals surface area contributed by atoms with E-state index in [1.54, 1.807) is 0 Å². The number of carbonyl (C=O) groups is 1. The third-order valence-electron chi connectivity index (χ3n) is 13.0. The van der Waals surface area contributed by atoms with Gasteiger partial charge in [-0.15, -0.1) is 0 Å². The zero-order chi connectivity index (χ0) is 22.6. The maximum Gasteiger partial charge on any atom is 0.138 e. The van der Waals surface area contributed by atoms with Gasteiger partial charge in [-0.2, -0.15) is 0 Å². The number of rotatable bonds is 1.